The molecule has 2 heterocycles. The lowest BCUT2D eigenvalue weighted by Gasteiger charge is -2.57. The van der Waals surface area contributed by atoms with Crippen molar-refractivity contribution in [3.63, 3.8) is 0 Å². The average molecular weight is 604 g/mol. The van der Waals surface area contributed by atoms with E-state index in [-0.39, 0.29) is 11.0 Å². The van der Waals surface area contributed by atoms with Crippen LogP contribution in [0.4, 0.5) is 10.5 Å². The molecule has 1 N–H and O–H groups in total. The van der Waals surface area contributed by atoms with Gasteiger partial charge in [0, 0.05) is 4.90 Å². The normalized spacial score (nSPS) is 28.8. The lowest BCUT2D eigenvalue weighted by Crippen LogP contribution is -2.54. The number of hydrogen-bond acceptors (Lipinski definition) is 5. The molecule has 1 aromatic heterocycles. The van der Waals surface area contributed by atoms with Crippen molar-refractivity contribution in [2.75, 3.05) is 4.90 Å². The molecule has 4 saturated carbocycles. The topological polar surface area (TPSA) is 79.6 Å². The Morgan fingerprint density at radius 3 is 2.21 bits per heavy atom. The van der Waals surface area contributed by atoms with E-state index in [1.807, 2.05) is 42.5 Å². The third-order valence-corrected chi connectivity index (χ3v) is 10.6. The van der Waals surface area contributed by atoms with Crippen LogP contribution in [0.25, 0.3) is 6.08 Å². The second-order valence-electron chi connectivity index (χ2n) is 11.4. The number of urea groups is 1. The van der Waals surface area contributed by atoms with Crippen molar-refractivity contribution >= 4 is 57.3 Å². The number of imide groups is 2. The predicted molar refractivity (Wildman–Crippen MR) is 152 cm³/mol. The summed E-state index contributed by atoms with van der Waals surface area (Å²) in [6, 6.07) is 18.6. The SMILES string of the molecule is O=C1NC(=O)N(c2ccc(C34CC5CC(CC(C5)C3)C4)cc2)C(=O)/C1=C/c1cc(Br)c(Sc2ccccc2)o1. The number of nitrogens with zero attached hydrogens (tertiary/aromatic N) is 1. The zero-order valence-electron chi connectivity index (χ0n) is 21.2. The van der Waals surface area contributed by atoms with E-state index in [0.29, 0.717) is 21.0 Å². The van der Waals surface area contributed by atoms with Crippen LogP contribution in [0.5, 0.6) is 0 Å². The summed E-state index contributed by atoms with van der Waals surface area (Å²) in [5.41, 5.74) is 1.83. The Balaban J connectivity index is 1.14. The van der Waals surface area contributed by atoms with Crippen molar-refractivity contribution in [1.82, 2.24) is 5.32 Å². The minimum atomic E-state index is -0.745. The number of carbonyl (C=O) groups excluding carboxylic acids is 3. The number of amides is 4. The highest BCUT2D eigenvalue weighted by Gasteiger charge is 2.51. The van der Waals surface area contributed by atoms with Gasteiger partial charge in [-0.05, 0) is 120 Å². The van der Waals surface area contributed by atoms with Gasteiger partial charge in [0.25, 0.3) is 11.8 Å². The molecule has 0 unspecified atom stereocenters. The molecule has 4 amide bonds. The summed E-state index contributed by atoms with van der Waals surface area (Å²) < 4.78 is 6.63. The van der Waals surface area contributed by atoms with Crippen molar-refractivity contribution < 1.29 is 18.8 Å². The first-order valence-corrected chi connectivity index (χ1v) is 15.0. The Morgan fingerprint density at radius 2 is 1.56 bits per heavy atom. The summed E-state index contributed by atoms with van der Waals surface area (Å²) in [6.45, 7) is 0. The van der Waals surface area contributed by atoms with Crippen LogP contribution in [0.1, 0.15) is 49.8 Å². The Bertz CT molecular complexity index is 1480. The van der Waals surface area contributed by atoms with Gasteiger partial charge in [0.2, 0.25) is 0 Å². The Labute approximate surface area is 239 Å². The highest BCUT2D eigenvalue weighted by molar-refractivity contribution is 9.10. The third-order valence-electron chi connectivity index (χ3n) is 8.79. The molecule has 0 atom stereocenters. The number of furan rings is 1. The molecule has 0 radical (unpaired) electrons. The molecule has 2 aromatic carbocycles. The van der Waals surface area contributed by atoms with Crippen LogP contribution < -0.4 is 10.2 Å². The van der Waals surface area contributed by atoms with Crippen molar-refractivity contribution in [2.24, 2.45) is 17.8 Å². The number of carbonyl (C=O) groups is 3. The minimum absolute atomic E-state index is 0.155. The number of halogens is 1. The zero-order chi connectivity index (χ0) is 26.7. The van der Waals surface area contributed by atoms with E-state index in [4.69, 9.17) is 4.42 Å². The highest BCUT2D eigenvalue weighted by atomic mass is 79.9. The van der Waals surface area contributed by atoms with Crippen molar-refractivity contribution in [3.05, 3.63) is 82.0 Å². The number of anilines is 1. The molecule has 3 aromatic rings. The fourth-order valence-electron chi connectivity index (χ4n) is 7.57. The Hall–Kier alpha value is -3.10. The zero-order valence-corrected chi connectivity index (χ0v) is 23.6. The molecule has 0 spiro atoms. The summed E-state index contributed by atoms with van der Waals surface area (Å²) in [5.74, 6) is 1.42. The monoisotopic (exact) mass is 602 g/mol. The van der Waals surface area contributed by atoms with Gasteiger partial charge in [-0.25, -0.2) is 9.69 Å². The lowest BCUT2D eigenvalue weighted by molar-refractivity contribution is -0.122. The summed E-state index contributed by atoms with van der Waals surface area (Å²) in [5, 5.41) is 2.92. The molecular weight excluding hydrogens is 576 g/mol. The molecule has 5 aliphatic rings. The largest absolute Gasteiger partial charge is 0.449 e. The van der Waals surface area contributed by atoms with Crippen LogP contribution in [-0.4, -0.2) is 17.8 Å². The van der Waals surface area contributed by atoms with Crippen LogP contribution in [0.2, 0.25) is 0 Å². The molecule has 39 heavy (non-hydrogen) atoms. The van der Waals surface area contributed by atoms with Crippen LogP contribution in [0.3, 0.4) is 0 Å². The average Bonchev–Trinajstić information content (AvgIpc) is 3.25. The molecule has 8 heteroatoms. The summed E-state index contributed by atoms with van der Waals surface area (Å²) in [6.07, 6.45) is 9.25. The van der Waals surface area contributed by atoms with Gasteiger partial charge in [-0.1, -0.05) is 42.1 Å². The number of hydrogen-bond donors (Lipinski definition) is 1. The highest BCUT2D eigenvalue weighted by Crippen LogP contribution is 2.60. The van der Waals surface area contributed by atoms with E-state index in [1.165, 1.54) is 61.9 Å². The maximum atomic E-state index is 13.5. The summed E-state index contributed by atoms with van der Waals surface area (Å²) in [7, 11) is 0. The van der Waals surface area contributed by atoms with Crippen LogP contribution >= 0.6 is 27.7 Å². The minimum Gasteiger partial charge on any atom is -0.449 e. The van der Waals surface area contributed by atoms with Gasteiger partial charge in [-0.3, -0.25) is 14.9 Å². The molecule has 6 nitrogen and oxygen atoms in total. The quantitative estimate of drug-likeness (QED) is 0.244. The number of nitrogens with one attached hydrogen (secondary N) is 1. The Kier molecular flexibility index (Phi) is 6.08. The number of barbiturate groups is 1. The predicted octanol–water partition coefficient (Wildman–Crippen LogP) is 7.33. The fourth-order valence-corrected chi connectivity index (χ4v) is 8.92. The third kappa shape index (κ3) is 4.47. The van der Waals surface area contributed by atoms with Crippen LogP contribution in [0, 0.1) is 17.8 Å². The van der Waals surface area contributed by atoms with Crippen molar-refractivity contribution in [2.45, 2.75) is 53.9 Å². The van der Waals surface area contributed by atoms with E-state index < -0.39 is 17.8 Å². The van der Waals surface area contributed by atoms with E-state index in [0.717, 1.165) is 27.5 Å². The van der Waals surface area contributed by atoms with Gasteiger partial charge >= 0.3 is 6.03 Å². The van der Waals surface area contributed by atoms with Crippen molar-refractivity contribution in [3.8, 4) is 0 Å². The molecular formula is C31H27BrN2O4S. The number of rotatable bonds is 5. The molecule has 5 fully saturated rings. The van der Waals surface area contributed by atoms with Gasteiger partial charge in [0.05, 0.1) is 10.2 Å². The van der Waals surface area contributed by atoms with E-state index in [2.05, 4.69) is 33.4 Å². The second-order valence-corrected chi connectivity index (χ2v) is 13.3. The van der Waals surface area contributed by atoms with Gasteiger partial charge in [-0.2, -0.15) is 0 Å². The maximum absolute atomic E-state index is 13.5. The first kappa shape index (κ1) is 24.9. The Morgan fingerprint density at radius 1 is 0.923 bits per heavy atom. The molecule has 1 saturated heterocycles. The summed E-state index contributed by atoms with van der Waals surface area (Å²) in [4.78, 5) is 41.0. The smallest absolute Gasteiger partial charge is 0.335 e. The van der Waals surface area contributed by atoms with E-state index in [9.17, 15) is 14.4 Å². The molecule has 8 rings (SSSR count). The first-order chi connectivity index (χ1) is 18.9. The van der Waals surface area contributed by atoms with Gasteiger partial charge < -0.3 is 4.42 Å². The molecule has 198 valence electrons. The van der Waals surface area contributed by atoms with Crippen LogP contribution in [-0.2, 0) is 15.0 Å². The van der Waals surface area contributed by atoms with Crippen LogP contribution in [0.15, 0.2) is 85.1 Å². The lowest BCUT2D eigenvalue weighted by atomic mass is 9.48. The van der Waals surface area contributed by atoms with Crippen molar-refractivity contribution in [1.29, 1.82) is 0 Å². The summed E-state index contributed by atoms with van der Waals surface area (Å²) >= 11 is 4.92. The fraction of sp³-hybridized carbons (Fsp3) is 0.323. The second kappa shape index (κ2) is 9.52. The van der Waals surface area contributed by atoms with Gasteiger partial charge in [0.15, 0.2) is 5.09 Å². The molecule has 4 bridgehead atoms. The van der Waals surface area contributed by atoms with E-state index >= 15 is 0 Å². The van der Waals surface area contributed by atoms with Gasteiger partial charge in [-0.15, -0.1) is 0 Å². The molecule has 4 aliphatic carbocycles. The first-order valence-electron chi connectivity index (χ1n) is 13.4. The maximum Gasteiger partial charge on any atom is 0.335 e. The molecule has 1 aliphatic heterocycles. The van der Waals surface area contributed by atoms with Gasteiger partial charge in [0.1, 0.15) is 11.3 Å². The number of benzene rings is 2. The standard InChI is InChI=1S/C31H27BrN2O4S/c32-26-14-23(38-29(26)39-24-4-2-1-3-5-24)13-25-27(35)33-30(37)34(28(25)36)22-8-6-21(7-9-22)31-15-18-10-19(16-31)12-20(11-18)17-31/h1-9,13-14,18-20H,10-12,15-17H2,(H,33,35,37)/b25-13+. The van der Waals surface area contributed by atoms with E-state index in [1.54, 1.807) is 6.07 Å².